The Morgan fingerprint density at radius 1 is 0.774 bits per heavy atom. The topological polar surface area (TPSA) is 76.7 Å². The van der Waals surface area contributed by atoms with Gasteiger partial charge in [0.2, 0.25) is 5.91 Å². The Hall–Kier alpha value is 0.610. The van der Waals surface area contributed by atoms with Gasteiger partial charge in [0.25, 0.3) is 5.24 Å². The molecule has 0 bridgehead atoms. The summed E-state index contributed by atoms with van der Waals surface area (Å²) >= 11 is 1.16. The molecule has 184 valence electrons. The lowest BCUT2D eigenvalue weighted by atomic mass is 10.2. The molecule has 0 aliphatic rings. The van der Waals surface area contributed by atoms with Crippen molar-refractivity contribution in [3.63, 3.8) is 0 Å². The molecule has 31 heavy (non-hydrogen) atoms. The number of hydrogen-bond donors (Lipinski definition) is 2. The van der Waals surface area contributed by atoms with E-state index in [0.29, 0.717) is 19.0 Å². The van der Waals surface area contributed by atoms with Crippen LogP contribution in [0.5, 0.6) is 0 Å². The van der Waals surface area contributed by atoms with E-state index in [9.17, 15) is 9.59 Å². The van der Waals surface area contributed by atoms with Gasteiger partial charge in [-0.05, 0) is 25.7 Å². The maximum absolute atomic E-state index is 12.0. The highest BCUT2D eigenvalue weighted by molar-refractivity contribution is 8.77. The van der Waals surface area contributed by atoms with Crippen molar-refractivity contribution >= 4 is 66.1 Å². The first kappa shape index (κ1) is 31.6. The predicted octanol–water partition coefficient (Wildman–Crippen LogP) is 6.03. The monoisotopic (exact) mass is 532 g/mol. The van der Waals surface area contributed by atoms with Crippen LogP contribution in [0, 0.1) is 0 Å². The average Bonchev–Trinajstić information content (AvgIpc) is 2.73. The number of ether oxygens (including phenoxy) is 2. The van der Waals surface area contributed by atoms with Gasteiger partial charge >= 0.3 is 0 Å². The van der Waals surface area contributed by atoms with Crippen molar-refractivity contribution < 1.29 is 19.1 Å². The highest BCUT2D eigenvalue weighted by Gasteiger charge is 2.13. The summed E-state index contributed by atoms with van der Waals surface area (Å²) in [5.41, 5.74) is 0. The van der Waals surface area contributed by atoms with Crippen LogP contribution in [-0.4, -0.2) is 66.1 Å². The molecule has 0 spiro atoms. The first-order valence-corrected chi connectivity index (χ1v) is 16.9. The molecule has 0 fully saturated rings. The van der Waals surface area contributed by atoms with Crippen molar-refractivity contribution in [2.24, 2.45) is 0 Å². The molecule has 0 saturated carbocycles. The molecule has 0 aliphatic heterocycles. The van der Waals surface area contributed by atoms with Crippen LogP contribution in [0.25, 0.3) is 0 Å². The summed E-state index contributed by atoms with van der Waals surface area (Å²) < 4.78 is 10.9. The number of amides is 2. The predicted molar refractivity (Wildman–Crippen MR) is 144 cm³/mol. The van der Waals surface area contributed by atoms with E-state index in [1.165, 1.54) is 37.0 Å². The summed E-state index contributed by atoms with van der Waals surface area (Å²) in [4.78, 5) is 23.3. The fourth-order valence-electron chi connectivity index (χ4n) is 2.17. The zero-order valence-corrected chi connectivity index (χ0v) is 23.2. The Morgan fingerprint density at radius 3 is 2.06 bits per heavy atom. The smallest absolute Gasteiger partial charge is 0.280 e. The zero-order chi connectivity index (χ0) is 23.0. The van der Waals surface area contributed by atoms with Crippen LogP contribution < -0.4 is 10.6 Å². The van der Waals surface area contributed by atoms with E-state index in [1.807, 2.05) is 43.2 Å². The second kappa shape index (κ2) is 25.2. The van der Waals surface area contributed by atoms with E-state index < -0.39 is 0 Å². The van der Waals surface area contributed by atoms with Crippen LogP contribution in [0.4, 0.5) is 4.79 Å². The van der Waals surface area contributed by atoms with Crippen LogP contribution in [0.3, 0.4) is 0 Å². The number of carbonyl (C=O) groups excluding carboxylic acids is 2. The lowest BCUT2D eigenvalue weighted by Crippen LogP contribution is -2.46. The normalized spacial score (nSPS) is 12.0. The fourth-order valence-corrected chi connectivity index (χ4v) is 7.14. The molecule has 2 N–H and O–H groups in total. The Labute approximate surface area is 209 Å². The van der Waals surface area contributed by atoms with Crippen molar-refractivity contribution in [2.45, 2.75) is 65.5 Å². The van der Waals surface area contributed by atoms with Crippen molar-refractivity contribution in [2.75, 3.05) is 48.8 Å². The van der Waals surface area contributed by atoms with Gasteiger partial charge in [0, 0.05) is 35.7 Å². The van der Waals surface area contributed by atoms with Crippen LogP contribution in [0.15, 0.2) is 0 Å². The lowest BCUT2D eigenvalue weighted by Gasteiger charge is -2.19. The molecular weight excluding hydrogens is 493 g/mol. The third-order valence-corrected chi connectivity index (χ3v) is 9.52. The van der Waals surface area contributed by atoms with Gasteiger partial charge in [0.15, 0.2) is 0 Å². The van der Waals surface area contributed by atoms with Gasteiger partial charge in [-0.15, -0.1) is 0 Å². The molecule has 0 aromatic heterocycles. The number of thioether (sulfide) groups is 1. The largest absolute Gasteiger partial charge is 0.355 e. The minimum absolute atomic E-state index is 0.135. The van der Waals surface area contributed by atoms with E-state index in [0.717, 1.165) is 43.2 Å². The minimum Gasteiger partial charge on any atom is -0.355 e. The second-order valence-electron chi connectivity index (χ2n) is 6.60. The standard InChI is InChI=1S/C20H40N2O4S5/c1-4-6-7-9-19(21-18(3)23)22-20(24)27-15-10-25-17-26-11-16-31-30-14-8-13-29-28-12-5-2/h19H,4-17H2,1-3H3,(H,21,23)(H,22,24). The van der Waals surface area contributed by atoms with E-state index in [1.54, 1.807) is 0 Å². The van der Waals surface area contributed by atoms with Crippen molar-refractivity contribution in [1.82, 2.24) is 10.6 Å². The quantitative estimate of drug-likeness (QED) is 0.0987. The molecule has 0 heterocycles. The maximum atomic E-state index is 12.0. The Balaban J connectivity index is 3.46. The van der Waals surface area contributed by atoms with Gasteiger partial charge < -0.3 is 20.1 Å². The second-order valence-corrected chi connectivity index (χ2v) is 13.1. The number of unbranched alkanes of at least 4 members (excludes halogenated alkanes) is 2. The summed E-state index contributed by atoms with van der Waals surface area (Å²) in [6.07, 6.45) is 6.10. The van der Waals surface area contributed by atoms with Gasteiger partial charge in [0.05, 0.1) is 13.2 Å². The van der Waals surface area contributed by atoms with Gasteiger partial charge in [-0.2, -0.15) is 0 Å². The third kappa shape index (κ3) is 25.1. The molecule has 11 heteroatoms. The summed E-state index contributed by atoms with van der Waals surface area (Å²) in [5.74, 6) is 5.02. The first-order chi connectivity index (χ1) is 15.1. The molecule has 0 radical (unpaired) electrons. The number of rotatable bonds is 22. The zero-order valence-electron chi connectivity index (χ0n) is 19.2. The van der Waals surface area contributed by atoms with Crippen LogP contribution in [-0.2, 0) is 14.3 Å². The van der Waals surface area contributed by atoms with Gasteiger partial charge in [0.1, 0.15) is 13.0 Å². The molecule has 0 rings (SSSR count). The summed E-state index contributed by atoms with van der Waals surface area (Å²) in [6.45, 7) is 7.18. The highest BCUT2D eigenvalue weighted by Crippen LogP contribution is 2.26. The average molecular weight is 533 g/mol. The number of carbonyl (C=O) groups is 2. The Morgan fingerprint density at radius 2 is 1.42 bits per heavy atom. The molecule has 0 aromatic carbocycles. The highest BCUT2D eigenvalue weighted by atomic mass is 33.1. The fraction of sp³-hybridized carbons (Fsp3) is 0.900. The molecule has 0 aromatic rings. The summed E-state index contributed by atoms with van der Waals surface area (Å²) in [5, 5.41) is 5.50. The van der Waals surface area contributed by atoms with E-state index in [2.05, 4.69) is 24.5 Å². The van der Waals surface area contributed by atoms with Crippen LogP contribution in [0.1, 0.15) is 59.3 Å². The summed E-state index contributed by atoms with van der Waals surface area (Å²) in [6, 6.07) is 0. The van der Waals surface area contributed by atoms with Gasteiger partial charge in [-0.25, -0.2) is 0 Å². The molecule has 6 nitrogen and oxygen atoms in total. The molecule has 0 saturated heterocycles. The molecule has 1 atom stereocenters. The van der Waals surface area contributed by atoms with Crippen LogP contribution >= 0.6 is 54.9 Å². The number of hydrogen-bond acceptors (Lipinski definition) is 9. The third-order valence-electron chi connectivity index (χ3n) is 3.61. The Bertz CT molecular complexity index is 436. The maximum Gasteiger partial charge on any atom is 0.280 e. The van der Waals surface area contributed by atoms with Crippen molar-refractivity contribution in [3.05, 3.63) is 0 Å². The van der Waals surface area contributed by atoms with Crippen molar-refractivity contribution in [1.29, 1.82) is 0 Å². The number of nitrogens with one attached hydrogen (secondary N) is 2. The van der Waals surface area contributed by atoms with E-state index in [-0.39, 0.29) is 24.1 Å². The molecular formula is C20H40N2O4S5. The summed E-state index contributed by atoms with van der Waals surface area (Å²) in [7, 11) is 7.70. The SMILES string of the molecule is CCCCCC(NC(C)=O)NC(=O)SCCOCOCCSSCCCSSCCC. The Kier molecular flexibility index (Phi) is 25.7. The molecule has 0 aliphatic carbocycles. The van der Waals surface area contributed by atoms with Gasteiger partial charge in [-0.1, -0.05) is 81.6 Å². The minimum atomic E-state index is -0.303. The molecule has 1 unspecified atom stereocenters. The lowest BCUT2D eigenvalue weighted by molar-refractivity contribution is -0.119. The van der Waals surface area contributed by atoms with E-state index in [4.69, 9.17) is 9.47 Å². The molecule has 2 amide bonds. The first-order valence-electron chi connectivity index (χ1n) is 10.9. The van der Waals surface area contributed by atoms with Crippen LogP contribution in [0.2, 0.25) is 0 Å². The van der Waals surface area contributed by atoms with Crippen molar-refractivity contribution in [3.8, 4) is 0 Å². The van der Waals surface area contributed by atoms with E-state index >= 15 is 0 Å². The van der Waals surface area contributed by atoms with Gasteiger partial charge in [-0.3, -0.25) is 9.59 Å².